The van der Waals surface area contributed by atoms with Gasteiger partial charge in [0.1, 0.15) is 0 Å². The van der Waals surface area contributed by atoms with Crippen molar-refractivity contribution in [2.75, 3.05) is 19.6 Å². The van der Waals surface area contributed by atoms with E-state index in [1.54, 1.807) is 24.0 Å². The topological polar surface area (TPSA) is 66.6 Å². The van der Waals surface area contributed by atoms with Crippen molar-refractivity contribution in [3.63, 3.8) is 0 Å². The lowest BCUT2D eigenvalue weighted by Crippen LogP contribution is -2.33. The van der Waals surface area contributed by atoms with Gasteiger partial charge in [0, 0.05) is 24.2 Å². The van der Waals surface area contributed by atoms with Crippen molar-refractivity contribution >= 4 is 5.91 Å². The average Bonchev–Trinajstić information content (AvgIpc) is 2.76. The van der Waals surface area contributed by atoms with Gasteiger partial charge in [-0.2, -0.15) is 0 Å². The van der Waals surface area contributed by atoms with Crippen LogP contribution >= 0.6 is 0 Å². The van der Waals surface area contributed by atoms with E-state index in [1.807, 2.05) is 12.1 Å². The monoisotopic (exact) mass is 258 g/mol. The van der Waals surface area contributed by atoms with Crippen molar-refractivity contribution in [3.05, 3.63) is 35.4 Å². The van der Waals surface area contributed by atoms with Crippen molar-refractivity contribution in [3.8, 4) is 11.8 Å². The molecule has 0 spiro atoms. The Morgan fingerprint density at radius 2 is 2.37 bits per heavy atom. The molecule has 0 aliphatic carbocycles. The third-order valence-electron chi connectivity index (χ3n) is 3.18. The van der Waals surface area contributed by atoms with Gasteiger partial charge in [-0.1, -0.05) is 17.9 Å². The van der Waals surface area contributed by atoms with Crippen LogP contribution in [-0.4, -0.2) is 41.1 Å². The molecule has 0 saturated carbocycles. The van der Waals surface area contributed by atoms with Gasteiger partial charge < -0.3 is 15.7 Å². The summed E-state index contributed by atoms with van der Waals surface area (Å²) in [5.41, 5.74) is 5.93. The highest BCUT2D eigenvalue weighted by Crippen LogP contribution is 2.22. The van der Waals surface area contributed by atoms with Crippen LogP contribution in [0.15, 0.2) is 24.3 Å². The Morgan fingerprint density at radius 1 is 1.58 bits per heavy atom. The maximum absolute atomic E-state index is 12.3. The number of hydrogen-bond donors (Lipinski definition) is 2. The Hall–Kier alpha value is -1.83. The first-order valence-corrected chi connectivity index (χ1v) is 6.32. The summed E-state index contributed by atoms with van der Waals surface area (Å²) >= 11 is 0. The van der Waals surface area contributed by atoms with Crippen molar-refractivity contribution in [1.82, 2.24) is 4.90 Å². The second-order valence-corrected chi connectivity index (χ2v) is 5.06. The molecule has 0 aromatic heterocycles. The molecule has 1 aromatic rings. The zero-order valence-corrected chi connectivity index (χ0v) is 11.0. The van der Waals surface area contributed by atoms with E-state index in [0.717, 1.165) is 5.56 Å². The van der Waals surface area contributed by atoms with E-state index >= 15 is 0 Å². The van der Waals surface area contributed by atoms with Gasteiger partial charge in [0.15, 0.2) is 0 Å². The third-order valence-corrected chi connectivity index (χ3v) is 3.18. The summed E-state index contributed by atoms with van der Waals surface area (Å²) in [7, 11) is 0. The van der Waals surface area contributed by atoms with Crippen LogP contribution in [0, 0.1) is 11.8 Å². The summed E-state index contributed by atoms with van der Waals surface area (Å²) in [6, 6.07) is 7.18. The van der Waals surface area contributed by atoms with Crippen molar-refractivity contribution in [2.24, 2.45) is 5.73 Å². The molecule has 1 heterocycles. The van der Waals surface area contributed by atoms with Crippen molar-refractivity contribution in [2.45, 2.75) is 18.9 Å². The molecule has 1 aliphatic rings. The normalized spacial score (nSPS) is 21.9. The Balaban J connectivity index is 2.16. The lowest BCUT2D eigenvalue weighted by atomic mass is 10.1. The maximum atomic E-state index is 12.3. The molecule has 1 aliphatic heterocycles. The van der Waals surface area contributed by atoms with E-state index in [9.17, 15) is 9.90 Å². The van der Waals surface area contributed by atoms with Gasteiger partial charge in [0.05, 0.1) is 12.1 Å². The molecule has 1 aromatic carbocycles. The quantitative estimate of drug-likeness (QED) is 0.725. The molecule has 1 fully saturated rings. The number of aliphatic hydroxyl groups is 1. The number of β-amino-alcohol motifs (C(OH)–C–C–N with tert-alkyl or cyclic N) is 1. The number of carbonyl (C=O) groups excluding carboxylic acids is 1. The van der Waals surface area contributed by atoms with Crippen LogP contribution in [0.25, 0.3) is 0 Å². The molecule has 2 rings (SSSR count). The minimum atomic E-state index is -0.771. The SMILES string of the molecule is CC1(O)CCN(C(=O)c2cccc(C#CCN)c2)C1. The molecule has 1 atom stereocenters. The van der Waals surface area contributed by atoms with Crippen LogP contribution in [0.5, 0.6) is 0 Å². The molecule has 4 nitrogen and oxygen atoms in total. The first-order valence-electron chi connectivity index (χ1n) is 6.32. The van der Waals surface area contributed by atoms with Gasteiger partial charge >= 0.3 is 0 Å². The minimum Gasteiger partial charge on any atom is -0.388 e. The van der Waals surface area contributed by atoms with Crippen LogP contribution in [-0.2, 0) is 0 Å². The molecule has 1 amide bonds. The van der Waals surface area contributed by atoms with Crippen LogP contribution in [0.2, 0.25) is 0 Å². The molecule has 19 heavy (non-hydrogen) atoms. The molecular formula is C15H18N2O2. The number of carbonyl (C=O) groups is 1. The second-order valence-electron chi connectivity index (χ2n) is 5.06. The molecular weight excluding hydrogens is 240 g/mol. The highest BCUT2D eigenvalue weighted by atomic mass is 16.3. The van der Waals surface area contributed by atoms with Crippen molar-refractivity contribution < 1.29 is 9.90 Å². The summed E-state index contributed by atoms with van der Waals surface area (Å²) in [5, 5.41) is 9.90. The number of nitrogens with zero attached hydrogens (tertiary/aromatic N) is 1. The molecule has 1 unspecified atom stereocenters. The first kappa shape index (κ1) is 13.6. The van der Waals surface area contributed by atoms with Crippen LogP contribution in [0.3, 0.4) is 0 Å². The van der Waals surface area contributed by atoms with E-state index in [1.165, 1.54) is 0 Å². The molecule has 100 valence electrons. The van der Waals surface area contributed by atoms with Gasteiger partial charge in [0.2, 0.25) is 0 Å². The van der Waals surface area contributed by atoms with Crippen molar-refractivity contribution in [1.29, 1.82) is 0 Å². The van der Waals surface area contributed by atoms with E-state index in [-0.39, 0.29) is 5.91 Å². The third kappa shape index (κ3) is 3.34. The second kappa shape index (κ2) is 5.43. The largest absolute Gasteiger partial charge is 0.388 e. The van der Waals surface area contributed by atoms with Crippen LogP contribution in [0.4, 0.5) is 0 Å². The van der Waals surface area contributed by atoms with E-state index < -0.39 is 5.60 Å². The Bertz CT molecular complexity index is 541. The lowest BCUT2D eigenvalue weighted by molar-refractivity contribution is 0.0572. The number of rotatable bonds is 1. The molecule has 0 radical (unpaired) electrons. The van der Waals surface area contributed by atoms with Gasteiger partial charge in [-0.3, -0.25) is 4.79 Å². The summed E-state index contributed by atoms with van der Waals surface area (Å²) in [6.07, 6.45) is 0.616. The van der Waals surface area contributed by atoms with Crippen LogP contribution in [0.1, 0.15) is 29.3 Å². The number of amides is 1. The van der Waals surface area contributed by atoms with Gasteiger partial charge in [-0.25, -0.2) is 0 Å². The Labute approximate surface area is 113 Å². The smallest absolute Gasteiger partial charge is 0.253 e. The van der Waals surface area contributed by atoms with Crippen LogP contribution < -0.4 is 5.73 Å². The number of nitrogens with two attached hydrogens (primary N) is 1. The van der Waals surface area contributed by atoms with Gasteiger partial charge in [0.25, 0.3) is 5.91 Å². The highest BCUT2D eigenvalue weighted by molar-refractivity contribution is 5.94. The van der Waals surface area contributed by atoms with E-state index in [0.29, 0.717) is 31.6 Å². The Kier molecular flexibility index (Phi) is 3.89. The lowest BCUT2D eigenvalue weighted by Gasteiger charge is -2.19. The number of benzene rings is 1. The molecule has 3 N–H and O–H groups in total. The molecule has 1 saturated heterocycles. The zero-order valence-electron chi connectivity index (χ0n) is 11.0. The fourth-order valence-electron chi connectivity index (χ4n) is 2.18. The fourth-order valence-corrected chi connectivity index (χ4v) is 2.18. The first-order chi connectivity index (χ1) is 9.02. The van der Waals surface area contributed by atoms with E-state index in [4.69, 9.17) is 5.73 Å². The standard InChI is InChI=1S/C15H18N2O2/c1-15(19)7-9-17(11-15)14(18)13-6-2-4-12(10-13)5-3-8-16/h2,4,6,10,19H,7-9,11,16H2,1H3. The molecule has 4 heteroatoms. The summed E-state index contributed by atoms with van der Waals surface area (Å²) in [6.45, 7) is 3.02. The van der Waals surface area contributed by atoms with E-state index in [2.05, 4.69) is 11.8 Å². The maximum Gasteiger partial charge on any atom is 0.253 e. The molecule has 0 bridgehead atoms. The van der Waals surface area contributed by atoms with Gasteiger partial charge in [-0.05, 0) is 31.5 Å². The van der Waals surface area contributed by atoms with Gasteiger partial charge in [-0.15, -0.1) is 0 Å². The fraction of sp³-hybridized carbons (Fsp3) is 0.400. The minimum absolute atomic E-state index is 0.0610. The summed E-state index contributed by atoms with van der Waals surface area (Å²) < 4.78 is 0. The number of likely N-dealkylation sites (tertiary alicyclic amines) is 1. The summed E-state index contributed by atoms with van der Waals surface area (Å²) in [5.74, 6) is 5.62. The zero-order chi connectivity index (χ0) is 13.9. The summed E-state index contributed by atoms with van der Waals surface area (Å²) in [4.78, 5) is 14.0. The predicted octanol–water partition coefficient (Wildman–Crippen LogP) is 0.594. The Morgan fingerprint density at radius 3 is 3.00 bits per heavy atom. The number of hydrogen-bond acceptors (Lipinski definition) is 3. The highest BCUT2D eigenvalue weighted by Gasteiger charge is 2.34. The average molecular weight is 258 g/mol. The predicted molar refractivity (Wildman–Crippen MR) is 73.5 cm³/mol.